The van der Waals surface area contributed by atoms with Gasteiger partial charge in [-0.15, -0.1) is 0 Å². The van der Waals surface area contributed by atoms with E-state index in [2.05, 4.69) is 6.92 Å². The van der Waals surface area contributed by atoms with Crippen LogP contribution in [0.3, 0.4) is 0 Å². The van der Waals surface area contributed by atoms with Gasteiger partial charge in [-0.05, 0) is 18.5 Å². The second kappa shape index (κ2) is 10.8. The summed E-state index contributed by atoms with van der Waals surface area (Å²) in [6, 6.07) is -2.78. The molecule has 0 aliphatic rings. The van der Waals surface area contributed by atoms with E-state index in [9.17, 15) is 14.7 Å². The molecule has 0 spiro atoms. The summed E-state index contributed by atoms with van der Waals surface area (Å²) in [6.45, 7) is 2.26. The first-order valence-electron chi connectivity index (χ1n) is 9.83. The number of hydrogen-bond acceptors (Lipinski definition) is 3. The number of benzene rings is 1. The Morgan fingerprint density at radius 1 is 1.00 bits per heavy atom. The molecule has 0 saturated heterocycles. The lowest BCUT2D eigenvalue weighted by atomic mass is 10.1. The largest absolute Gasteiger partial charge is 0.478 e. The first-order chi connectivity index (χ1) is 12.3. The first kappa shape index (κ1) is 12.7. The molecule has 0 amide bonds. The summed E-state index contributed by atoms with van der Waals surface area (Å²) in [5, 5.41) is 9.21. The number of rotatable bonds is 11. The van der Waals surface area contributed by atoms with Crippen LogP contribution in [-0.2, 0) is 4.74 Å². The van der Waals surface area contributed by atoms with Crippen LogP contribution < -0.4 is 0 Å². The molecular weight excluding hydrogens is 280 g/mol. The Labute approximate surface area is 138 Å². The molecule has 0 aliphatic carbocycles. The van der Waals surface area contributed by atoms with E-state index in [1.165, 1.54) is 25.7 Å². The van der Waals surface area contributed by atoms with Crippen LogP contribution in [0, 0.1) is 0 Å². The number of ether oxygens (including phenoxy) is 1. The lowest BCUT2D eigenvalue weighted by molar-refractivity contribution is 0.0487. The van der Waals surface area contributed by atoms with Crippen molar-refractivity contribution in [3.8, 4) is 0 Å². The third-order valence-electron chi connectivity index (χ3n) is 3.34. The first-order valence-corrected chi connectivity index (χ1v) is 7.83. The van der Waals surface area contributed by atoms with Crippen LogP contribution in [0.2, 0.25) is 0 Å². The molecule has 1 aromatic carbocycles. The molecule has 0 radical (unpaired) electrons. The molecule has 1 N–H and O–H groups in total. The number of aromatic carboxylic acids is 1. The fraction of sp³-hybridized carbons (Fsp3) is 0.556. The van der Waals surface area contributed by atoms with Crippen molar-refractivity contribution in [1.29, 1.82) is 0 Å². The van der Waals surface area contributed by atoms with Crippen molar-refractivity contribution in [1.82, 2.24) is 0 Å². The van der Waals surface area contributed by atoms with Gasteiger partial charge in [-0.2, -0.15) is 0 Å². The van der Waals surface area contributed by atoms with Gasteiger partial charge in [-0.3, -0.25) is 0 Å². The van der Waals surface area contributed by atoms with E-state index in [0.29, 0.717) is 6.42 Å². The van der Waals surface area contributed by atoms with Gasteiger partial charge in [0.15, 0.2) is 0 Å². The maximum Gasteiger partial charge on any atom is 0.339 e. The van der Waals surface area contributed by atoms with Crippen LogP contribution in [0.15, 0.2) is 24.2 Å². The minimum atomic E-state index is -1.59. The van der Waals surface area contributed by atoms with Crippen molar-refractivity contribution in [3.63, 3.8) is 0 Å². The molecule has 22 heavy (non-hydrogen) atoms. The predicted octanol–water partition coefficient (Wildman–Crippen LogP) is 4.68. The smallest absolute Gasteiger partial charge is 0.339 e. The van der Waals surface area contributed by atoms with Crippen molar-refractivity contribution in [2.75, 3.05) is 6.61 Å². The number of carboxylic acid groups (broad SMARTS) is 1. The Morgan fingerprint density at radius 2 is 1.55 bits per heavy atom. The summed E-state index contributed by atoms with van der Waals surface area (Å²) in [7, 11) is 0. The Hall–Kier alpha value is -1.84. The zero-order chi connectivity index (χ0) is 19.7. The van der Waals surface area contributed by atoms with Crippen LogP contribution in [0.25, 0.3) is 0 Å². The summed E-state index contributed by atoms with van der Waals surface area (Å²) < 4.78 is 35.6. The summed E-state index contributed by atoms with van der Waals surface area (Å²) in [5.74, 6) is -2.62. The number of carboxylic acids is 1. The molecule has 0 saturated carbocycles. The van der Waals surface area contributed by atoms with Gasteiger partial charge < -0.3 is 9.84 Å². The van der Waals surface area contributed by atoms with E-state index in [0.717, 1.165) is 19.3 Å². The minimum Gasteiger partial charge on any atom is -0.478 e. The molecule has 0 heterocycles. The second-order valence-electron chi connectivity index (χ2n) is 5.17. The van der Waals surface area contributed by atoms with Crippen molar-refractivity contribution in [2.24, 2.45) is 0 Å². The van der Waals surface area contributed by atoms with E-state index in [1.54, 1.807) is 0 Å². The Kier molecular flexibility index (Phi) is 6.24. The van der Waals surface area contributed by atoms with Crippen molar-refractivity contribution >= 4 is 11.9 Å². The number of hydrogen-bond donors (Lipinski definition) is 1. The van der Waals surface area contributed by atoms with Crippen molar-refractivity contribution in [3.05, 3.63) is 35.3 Å². The van der Waals surface area contributed by atoms with Crippen molar-refractivity contribution in [2.45, 2.75) is 58.3 Å². The maximum atomic E-state index is 12.2. The Bertz CT molecular complexity index is 647. The molecule has 0 aromatic heterocycles. The highest BCUT2D eigenvalue weighted by molar-refractivity contribution is 6.02. The molecule has 1 aromatic rings. The van der Waals surface area contributed by atoms with Gasteiger partial charge in [0, 0.05) is 0 Å². The lowest BCUT2D eigenvalue weighted by Crippen LogP contribution is -2.12. The fourth-order valence-corrected chi connectivity index (χ4v) is 2.10. The minimum absolute atomic E-state index is 0.0928. The number of carbonyl (C=O) groups excluding carboxylic acids is 1. The van der Waals surface area contributed by atoms with Crippen molar-refractivity contribution < 1.29 is 24.9 Å². The van der Waals surface area contributed by atoms with Gasteiger partial charge in [-0.1, -0.05) is 64.0 Å². The SMILES string of the molecule is [2H]c1c([2H])c([2H])c(C(=O)OCCCCCCCCCC)c(C(=O)O)c1[2H]. The molecule has 0 atom stereocenters. The van der Waals surface area contributed by atoms with Gasteiger partial charge >= 0.3 is 11.9 Å². The van der Waals surface area contributed by atoms with Gasteiger partial charge in [0.2, 0.25) is 0 Å². The molecule has 122 valence electrons. The molecule has 0 fully saturated rings. The predicted molar refractivity (Wildman–Crippen MR) is 86.3 cm³/mol. The molecule has 4 nitrogen and oxygen atoms in total. The Morgan fingerprint density at radius 3 is 2.14 bits per heavy atom. The number of esters is 1. The van der Waals surface area contributed by atoms with Crippen LogP contribution >= 0.6 is 0 Å². The highest BCUT2D eigenvalue weighted by atomic mass is 16.5. The third-order valence-corrected chi connectivity index (χ3v) is 3.34. The summed E-state index contributed by atoms with van der Waals surface area (Å²) in [5.41, 5.74) is -1.38. The lowest BCUT2D eigenvalue weighted by Gasteiger charge is -2.07. The number of unbranched alkanes of at least 4 members (excludes halogenated alkanes) is 7. The molecule has 0 unspecified atom stereocenters. The highest BCUT2D eigenvalue weighted by Crippen LogP contribution is 2.12. The zero-order valence-corrected chi connectivity index (χ0v) is 13.0. The number of carbonyl (C=O) groups is 2. The van der Waals surface area contributed by atoms with Gasteiger partial charge in [0.25, 0.3) is 0 Å². The normalized spacial score (nSPS) is 13.0. The highest BCUT2D eigenvalue weighted by Gasteiger charge is 2.16. The van der Waals surface area contributed by atoms with E-state index in [4.69, 9.17) is 10.2 Å². The molecule has 1 rings (SSSR count). The average Bonchev–Trinajstić information content (AvgIpc) is 2.60. The third kappa shape index (κ3) is 6.74. The molecule has 4 heteroatoms. The monoisotopic (exact) mass is 310 g/mol. The quantitative estimate of drug-likeness (QED) is 0.476. The molecule has 0 aliphatic heterocycles. The van der Waals surface area contributed by atoms with E-state index < -0.39 is 47.2 Å². The molecular formula is C18H26O4. The average molecular weight is 310 g/mol. The second-order valence-corrected chi connectivity index (χ2v) is 5.17. The van der Waals surface area contributed by atoms with Crippen LogP contribution in [-0.4, -0.2) is 23.7 Å². The van der Waals surface area contributed by atoms with E-state index in [-0.39, 0.29) is 6.61 Å². The summed E-state index contributed by atoms with van der Waals surface area (Å²) in [6.07, 6.45) is 8.54. The standard InChI is InChI=1S/C18H26O4/c1-2-3-4-5-6-7-8-11-14-22-18(21)16-13-10-9-12-15(16)17(19)20/h9-10,12-13H,2-8,11,14H2,1H3,(H,19,20)/i9D,10D,12D,13D. The van der Waals surface area contributed by atoms with Crippen LogP contribution in [0.1, 0.15) is 84.5 Å². The van der Waals surface area contributed by atoms with Gasteiger partial charge in [-0.25, -0.2) is 9.59 Å². The van der Waals surface area contributed by atoms with Gasteiger partial charge in [0.05, 0.1) is 23.2 Å². The van der Waals surface area contributed by atoms with Crippen LogP contribution in [0.4, 0.5) is 0 Å². The fourth-order valence-electron chi connectivity index (χ4n) is 2.10. The van der Waals surface area contributed by atoms with E-state index in [1.807, 2.05) is 0 Å². The zero-order valence-electron chi connectivity index (χ0n) is 17.0. The summed E-state index contributed by atoms with van der Waals surface area (Å²) in [4.78, 5) is 23.5. The Balaban J connectivity index is 2.62. The molecule has 0 bridgehead atoms. The topological polar surface area (TPSA) is 63.6 Å². The maximum absolute atomic E-state index is 12.2. The van der Waals surface area contributed by atoms with E-state index >= 15 is 0 Å². The summed E-state index contributed by atoms with van der Waals surface area (Å²) >= 11 is 0. The van der Waals surface area contributed by atoms with Gasteiger partial charge in [0.1, 0.15) is 0 Å². The van der Waals surface area contributed by atoms with Crippen LogP contribution in [0.5, 0.6) is 0 Å².